The molecule has 104 valence electrons. The first-order valence-corrected chi connectivity index (χ1v) is 6.14. The van der Waals surface area contributed by atoms with Crippen molar-refractivity contribution < 1.29 is 14.8 Å². The van der Waals surface area contributed by atoms with Crippen molar-refractivity contribution in [2.24, 2.45) is 0 Å². The lowest BCUT2D eigenvalue weighted by Crippen LogP contribution is -2.38. The van der Waals surface area contributed by atoms with Gasteiger partial charge in [0.15, 0.2) is 0 Å². The molecule has 0 heterocycles. The van der Waals surface area contributed by atoms with Crippen molar-refractivity contribution in [2.75, 3.05) is 11.9 Å². The number of carboxylic acids is 1. The van der Waals surface area contributed by atoms with Crippen LogP contribution < -0.4 is 4.90 Å². The van der Waals surface area contributed by atoms with Crippen LogP contribution in [0.2, 0.25) is 10.0 Å². The fourth-order valence-electron chi connectivity index (χ4n) is 1.74. The number of hydrogen-bond acceptors (Lipinski definition) is 4. The Hall–Kier alpha value is -1.53. The predicted octanol–water partition coefficient (Wildman–Crippen LogP) is 3.20. The van der Waals surface area contributed by atoms with Gasteiger partial charge in [0.2, 0.25) is 0 Å². The highest BCUT2D eigenvalue weighted by Crippen LogP contribution is 2.36. The molecular weight excluding hydrogens is 295 g/mol. The summed E-state index contributed by atoms with van der Waals surface area (Å²) in [5.41, 5.74) is -0.162. The number of halogens is 2. The molecule has 0 aliphatic carbocycles. The van der Waals surface area contributed by atoms with E-state index in [9.17, 15) is 14.9 Å². The molecule has 1 aromatic carbocycles. The summed E-state index contributed by atoms with van der Waals surface area (Å²) in [7, 11) is 1.47. The summed E-state index contributed by atoms with van der Waals surface area (Å²) in [5.74, 6) is -1.06. The van der Waals surface area contributed by atoms with Crippen LogP contribution >= 0.6 is 23.2 Å². The molecule has 0 saturated carbocycles. The summed E-state index contributed by atoms with van der Waals surface area (Å²) in [6, 6.07) is 1.54. The van der Waals surface area contributed by atoms with Crippen LogP contribution in [-0.2, 0) is 4.79 Å². The maximum absolute atomic E-state index is 11.1. The molecular formula is C11H12Cl2N2O4. The Kier molecular flexibility index (Phi) is 4.97. The fourth-order valence-corrected chi connectivity index (χ4v) is 2.05. The maximum Gasteiger partial charge on any atom is 0.326 e. The van der Waals surface area contributed by atoms with Gasteiger partial charge in [0, 0.05) is 13.1 Å². The molecule has 0 amide bonds. The lowest BCUT2D eigenvalue weighted by Gasteiger charge is -2.25. The number of nitrogens with zero attached hydrogens (tertiary/aromatic N) is 2. The second kappa shape index (κ2) is 6.08. The first-order valence-electron chi connectivity index (χ1n) is 5.38. The minimum Gasteiger partial charge on any atom is -0.480 e. The summed E-state index contributed by atoms with van der Waals surface area (Å²) >= 11 is 11.6. The second-order valence-electron chi connectivity index (χ2n) is 3.89. The summed E-state index contributed by atoms with van der Waals surface area (Å²) in [6.45, 7) is 1.68. The molecule has 1 N–H and O–H groups in total. The molecule has 8 heteroatoms. The highest BCUT2D eigenvalue weighted by atomic mass is 35.5. The van der Waals surface area contributed by atoms with Crippen LogP contribution in [0.5, 0.6) is 0 Å². The first kappa shape index (κ1) is 15.5. The van der Waals surface area contributed by atoms with Gasteiger partial charge in [-0.05, 0) is 12.5 Å². The SMILES string of the molecule is CCC(C(=O)O)N(C)c1cc(Cl)c(Cl)cc1[N+](=O)[O-]. The standard InChI is InChI=1S/C11H12Cl2N2O4/c1-3-8(11(16)17)14(2)9-4-6(12)7(13)5-10(9)15(18)19/h4-5,8H,3H2,1-2H3,(H,16,17). The van der Waals surface area contributed by atoms with Crippen LogP contribution in [0, 0.1) is 10.1 Å². The average Bonchev–Trinajstić information content (AvgIpc) is 2.31. The molecule has 0 aliphatic heterocycles. The third kappa shape index (κ3) is 3.27. The Morgan fingerprint density at radius 3 is 2.42 bits per heavy atom. The van der Waals surface area contributed by atoms with Crippen LogP contribution in [0.1, 0.15) is 13.3 Å². The van der Waals surface area contributed by atoms with Crippen LogP contribution in [0.3, 0.4) is 0 Å². The molecule has 0 aromatic heterocycles. The van der Waals surface area contributed by atoms with Crippen LogP contribution in [0.25, 0.3) is 0 Å². The Labute approximate surface area is 119 Å². The number of likely N-dealkylation sites (N-methyl/N-ethyl adjacent to an activating group) is 1. The highest BCUT2D eigenvalue weighted by molar-refractivity contribution is 6.42. The molecule has 1 aromatic rings. The molecule has 19 heavy (non-hydrogen) atoms. The molecule has 1 rings (SSSR count). The van der Waals surface area contributed by atoms with Crippen molar-refractivity contribution in [3.05, 3.63) is 32.3 Å². The molecule has 0 fully saturated rings. The van der Waals surface area contributed by atoms with Gasteiger partial charge in [-0.15, -0.1) is 0 Å². The van der Waals surface area contributed by atoms with Gasteiger partial charge in [0.1, 0.15) is 11.7 Å². The number of nitro groups is 1. The minimum atomic E-state index is -1.06. The van der Waals surface area contributed by atoms with E-state index in [2.05, 4.69) is 0 Å². The Bertz CT molecular complexity index is 522. The summed E-state index contributed by atoms with van der Waals surface area (Å²) in [6.07, 6.45) is 0.295. The molecule has 1 unspecified atom stereocenters. The second-order valence-corrected chi connectivity index (χ2v) is 4.70. The lowest BCUT2D eigenvalue weighted by molar-refractivity contribution is -0.384. The zero-order valence-electron chi connectivity index (χ0n) is 10.3. The van der Waals surface area contributed by atoms with Crippen LogP contribution in [0.4, 0.5) is 11.4 Å². The zero-order chi connectivity index (χ0) is 14.7. The number of nitro benzene ring substituents is 1. The normalized spacial score (nSPS) is 12.0. The number of aliphatic carboxylic acids is 1. The van der Waals surface area contributed by atoms with E-state index in [-0.39, 0.29) is 21.4 Å². The van der Waals surface area contributed by atoms with Crippen molar-refractivity contribution in [3.8, 4) is 0 Å². The Balaban J connectivity index is 3.36. The smallest absolute Gasteiger partial charge is 0.326 e. The number of anilines is 1. The third-order valence-corrected chi connectivity index (χ3v) is 3.46. The number of carbonyl (C=O) groups is 1. The van der Waals surface area contributed by atoms with Crippen molar-refractivity contribution >= 4 is 40.5 Å². The topological polar surface area (TPSA) is 83.7 Å². The third-order valence-electron chi connectivity index (χ3n) is 2.73. The van der Waals surface area contributed by atoms with Crippen LogP contribution in [0.15, 0.2) is 12.1 Å². The number of carboxylic acid groups (broad SMARTS) is 1. The maximum atomic E-state index is 11.1. The zero-order valence-corrected chi connectivity index (χ0v) is 11.8. The van der Waals surface area contributed by atoms with E-state index < -0.39 is 16.9 Å². The summed E-state index contributed by atoms with van der Waals surface area (Å²) in [5, 5.41) is 20.3. The molecule has 0 aliphatic rings. The van der Waals surface area contributed by atoms with Crippen molar-refractivity contribution in [3.63, 3.8) is 0 Å². The van der Waals surface area contributed by atoms with E-state index in [1.807, 2.05) is 0 Å². The molecule has 0 radical (unpaired) electrons. The van der Waals surface area contributed by atoms with E-state index in [0.717, 1.165) is 6.07 Å². The van der Waals surface area contributed by atoms with E-state index in [1.54, 1.807) is 6.92 Å². The molecule has 0 saturated heterocycles. The molecule has 0 bridgehead atoms. The molecule has 6 nitrogen and oxygen atoms in total. The lowest BCUT2D eigenvalue weighted by atomic mass is 10.1. The summed E-state index contributed by atoms with van der Waals surface area (Å²) < 4.78 is 0. The number of hydrogen-bond donors (Lipinski definition) is 1. The minimum absolute atomic E-state index is 0.0499. The van der Waals surface area contributed by atoms with Gasteiger partial charge >= 0.3 is 5.97 Å². The first-order chi connectivity index (χ1) is 8.79. The molecule has 1 atom stereocenters. The highest BCUT2D eigenvalue weighted by Gasteiger charge is 2.27. The van der Waals surface area contributed by atoms with Gasteiger partial charge < -0.3 is 10.0 Å². The number of rotatable bonds is 5. The van der Waals surface area contributed by atoms with E-state index >= 15 is 0 Å². The Morgan fingerprint density at radius 2 is 2.00 bits per heavy atom. The Morgan fingerprint density at radius 1 is 1.47 bits per heavy atom. The average molecular weight is 307 g/mol. The van der Waals surface area contributed by atoms with Crippen molar-refractivity contribution in [1.29, 1.82) is 0 Å². The van der Waals surface area contributed by atoms with Gasteiger partial charge in [-0.2, -0.15) is 0 Å². The fraction of sp³-hybridized carbons (Fsp3) is 0.364. The monoisotopic (exact) mass is 306 g/mol. The van der Waals surface area contributed by atoms with E-state index in [4.69, 9.17) is 28.3 Å². The van der Waals surface area contributed by atoms with E-state index in [1.165, 1.54) is 18.0 Å². The van der Waals surface area contributed by atoms with E-state index in [0.29, 0.717) is 6.42 Å². The van der Waals surface area contributed by atoms with Gasteiger partial charge in [0.05, 0.1) is 15.0 Å². The predicted molar refractivity (Wildman–Crippen MR) is 73.2 cm³/mol. The largest absolute Gasteiger partial charge is 0.480 e. The number of benzene rings is 1. The van der Waals surface area contributed by atoms with Crippen molar-refractivity contribution in [2.45, 2.75) is 19.4 Å². The quantitative estimate of drug-likeness (QED) is 0.667. The van der Waals surface area contributed by atoms with Gasteiger partial charge in [-0.1, -0.05) is 30.1 Å². The van der Waals surface area contributed by atoms with Crippen LogP contribution in [-0.4, -0.2) is 29.1 Å². The molecule has 0 spiro atoms. The van der Waals surface area contributed by atoms with Gasteiger partial charge in [-0.25, -0.2) is 4.79 Å². The van der Waals surface area contributed by atoms with Gasteiger partial charge in [0.25, 0.3) is 5.69 Å². The summed E-state index contributed by atoms with van der Waals surface area (Å²) in [4.78, 5) is 22.8. The van der Waals surface area contributed by atoms with Gasteiger partial charge in [-0.3, -0.25) is 10.1 Å². The van der Waals surface area contributed by atoms with Crippen molar-refractivity contribution in [1.82, 2.24) is 0 Å².